The van der Waals surface area contributed by atoms with Crippen molar-refractivity contribution in [1.29, 1.82) is 0 Å². The average molecular weight is 256 g/mol. The Morgan fingerprint density at radius 2 is 2.24 bits per heavy atom. The lowest BCUT2D eigenvalue weighted by molar-refractivity contribution is 0.450. The molecule has 3 heteroatoms. The summed E-state index contributed by atoms with van der Waals surface area (Å²) in [6.45, 7) is 3.11. The molecule has 0 heterocycles. The van der Waals surface area contributed by atoms with E-state index < -0.39 is 0 Å². The largest absolute Gasteiger partial charge is 0.314 e. The Balaban J connectivity index is 1.96. The number of halogens is 2. The lowest BCUT2D eigenvalue weighted by Crippen LogP contribution is -2.26. The summed E-state index contributed by atoms with van der Waals surface area (Å²) in [5, 5.41) is 4.05. The van der Waals surface area contributed by atoms with E-state index in [1.807, 2.05) is 0 Å². The number of nitrogens with one attached hydrogen (secondary N) is 1. The molecule has 1 nitrogen and oxygen atoms in total. The second-order valence-corrected chi connectivity index (χ2v) is 5.27. The molecule has 1 fully saturated rings. The smallest absolute Gasteiger partial charge is 0.127 e. The number of hydrogen-bond acceptors (Lipinski definition) is 1. The van der Waals surface area contributed by atoms with E-state index in [4.69, 9.17) is 11.6 Å². The maximum Gasteiger partial charge on any atom is 0.127 e. The first kappa shape index (κ1) is 12.8. The van der Waals surface area contributed by atoms with E-state index in [2.05, 4.69) is 12.2 Å². The van der Waals surface area contributed by atoms with Gasteiger partial charge in [-0.05, 0) is 43.9 Å². The molecule has 1 N–H and O–H groups in total. The summed E-state index contributed by atoms with van der Waals surface area (Å²) in [6, 6.07) is 5.62. The van der Waals surface area contributed by atoms with E-state index >= 15 is 0 Å². The van der Waals surface area contributed by atoms with Gasteiger partial charge in [-0.2, -0.15) is 0 Å². The summed E-state index contributed by atoms with van der Waals surface area (Å²) in [4.78, 5) is 0. The van der Waals surface area contributed by atoms with Crippen LogP contribution in [-0.4, -0.2) is 12.6 Å². The van der Waals surface area contributed by atoms with Crippen molar-refractivity contribution in [2.75, 3.05) is 6.54 Å². The summed E-state index contributed by atoms with van der Waals surface area (Å²) >= 11 is 6.05. The number of benzene rings is 1. The van der Waals surface area contributed by atoms with Gasteiger partial charge >= 0.3 is 0 Å². The van der Waals surface area contributed by atoms with Crippen LogP contribution in [-0.2, 0) is 6.42 Å². The van der Waals surface area contributed by atoms with Gasteiger partial charge in [0.25, 0.3) is 0 Å². The number of hydrogen-bond donors (Lipinski definition) is 1. The molecule has 1 saturated carbocycles. The highest BCUT2D eigenvalue weighted by Crippen LogP contribution is 2.24. The molecule has 1 aliphatic rings. The molecule has 2 rings (SSSR count). The first-order valence-corrected chi connectivity index (χ1v) is 6.74. The van der Waals surface area contributed by atoms with Crippen molar-refractivity contribution in [3.8, 4) is 0 Å². The number of rotatable bonds is 6. The molecule has 1 atom stereocenters. The standard InChI is InChI=1S/C14H19ClFN/c1-2-10(9-17-11-6-7-11)8-12-13(15)4-3-5-14(12)16/h3-5,10-11,17H,2,6-9H2,1H3. The second-order valence-electron chi connectivity index (χ2n) is 4.86. The van der Waals surface area contributed by atoms with Gasteiger partial charge in [0.1, 0.15) is 5.82 Å². The van der Waals surface area contributed by atoms with E-state index in [1.54, 1.807) is 12.1 Å². The van der Waals surface area contributed by atoms with Crippen molar-refractivity contribution in [1.82, 2.24) is 5.32 Å². The Labute approximate surface area is 107 Å². The van der Waals surface area contributed by atoms with E-state index in [1.165, 1.54) is 18.9 Å². The highest BCUT2D eigenvalue weighted by molar-refractivity contribution is 6.31. The third kappa shape index (κ3) is 3.68. The molecule has 0 spiro atoms. The SMILES string of the molecule is CCC(CNC1CC1)Cc1c(F)cccc1Cl. The van der Waals surface area contributed by atoms with Gasteiger partial charge in [0.2, 0.25) is 0 Å². The zero-order valence-electron chi connectivity index (χ0n) is 10.2. The van der Waals surface area contributed by atoms with Gasteiger partial charge in [-0.3, -0.25) is 0 Å². The average Bonchev–Trinajstić information content (AvgIpc) is 3.12. The fourth-order valence-electron chi connectivity index (χ4n) is 2.00. The Morgan fingerprint density at radius 3 is 2.82 bits per heavy atom. The first-order chi connectivity index (χ1) is 8.20. The normalized spacial score (nSPS) is 17.1. The van der Waals surface area contributed by atoms with Crippen molar-refractivity contribution >= 4 is 11.6 Å². The third-order valence-electron chi connectivity index (χ3n) is 3.40. The van der Waals surface area contributed by atoms with Crippen molar-refractivity contribution < 1.29 is 4.39 Å². The molecule has 0 aliphatic heterocycles. The molecule has 94 valence electrons. The predicted molar refractivity (Wildman–Crippen MR) is 69.9 cm³/mol. The van der Waals surface area contributed by atoms with Gasteiger partial charge < -0.3 is 5.32 Å². The molecule has 0 aromatic heterocycles. The minimum Gasteiger partial charge on any atom is -0.314 e. The minimum atomic E-state index is -0.178. The van der Waals surface area contributed by atoms with Crippen molar-refractivity contribution in [3.63, 3.8) is 0 Å². The van der Waals surface area contributed by atoms with Gasteiger partial charge in [-0.25, -0.2) is 4.39 Å². The van der Waals surface area contributed by atoms with Crippen molar-refractivity contribution in [3.05, 3.63) is 34.6 Å². The Hall–Kier alpha value is -0.600. The molecule has 17 heavy (non-hydrogen) atoms. The van der Waals surface area contributed by atoms with E-state index in [0.717, 1.165) is 19.4 Å². The highest BCUT2D eigenvalue weighted by atomic mass is 35.5. The van der Waals surface area contributed by atoms with E-state index in [9.17, 15) is 4.39 Å². The van der Waals surface area contributed by atoms with Crippen LogP contribution in [0, 0.1) is 11.7 Å². The molecular formula is C14H19ClFN. The fraction of sp³-hybridized carbons (Fsp3) is 0.571. The molecule has 1 aromatic carbocycles. The van der Waals surface area contributed by atoms with Crippen molar-refractivity contribution in [2.24, 2.45) is 5.92 Å². The fourth-order valence-corrected chi connectivity index (χ4v) is 2.24. The van der Waals surface area contributed by atoms with Crippen LogP contribution in [0.25, 0.3) is 0 Å². The van der Waals surface area contributed by atoms with Crippen LogP contribution in [0.5, 0.6) is 0 Å². The lowest BCUT2D eigenvalue weighted by Gasteiger charge is -2.16. The van der Waals surface area contributed by atoms with Crippen LogP contribution >= 0.6 is 11.6 Å². The quantitative estimate of drug-likeness (QED) is 0.815. The Bertz CT molecular complexity index is 356. The summed E-state index contributed by atoms with van der Waals surface area (Å²) in [5.74, 6) is 0.285. The molecule has 0 amide bonds. The second kappa shape index (κ2) is 5.83. The molecule has 0 saturated heterocycles. The van der Waals surface area contributed by atoms with Crippen LogP contribution < -0.4 is 5.32 Å². The van der Waals surface area contributed by atoms with Gasteiger partial charge in [0, 0.05) is 16.6 Å². The predicted octanol–water partition coefficient (Wildman–Crippen LogP) is 3.80. The maximum absolute atomic E-state index is 13.7. The summed E-state index contributed by atoms with van der Waals surface area (Å²) < 4.78 is 13.7. The molecule has 1 aromatic rings. The maximum atomic E-state index is 13.7. The summed E-state index contributed by atoms with van der Waals surface area (Å²) in [7, 11) is 0. The Kier molecular flexibility index (Phi) is 4.41. The molecule has 1 unspecified atom stereocenters. The van der Waals surface area contributed by atoms with Crippen LogP contribution in [0.15, 0.2) is 18.2 Å². The van der Waals surface area contributed by atoms with Crippen LogP contribution in [0.3, 0.4) is 0 Å². The third-order valence-corrected chi connectivity index (χ3v) is 3.76. The van der Waals surface area contributed by atoms with E-state index in [-0.39, 0.29) is 5.82 Å². The minimum absolute atomic E-state index is 0.178. The van der Waals surface area contributed by atoms with Gasteiger partial charge in [-0.15, -0.1) is 0 Å². The monoisotopic (exact) mass is 255 g/mol. The molecule has 1 aliphatic carbocycles. The topological polar surface area (TPSA) is 12.0 Å². The van der Waals surface area contributed by atoms with Crippen molar-refractivity contribution in [2.45, 2.75) is 38.6 Å². The highest BCUT2D eigenvalue weighted by Gasteiger charge is 2.22. The molecule has 0 bridgehead atoms. The van der Waals surface area contributed by atoms with Gasteiger partial charge in [-0.1, -0.05) is 31.0 Å². The zero-order chi connectivity index (χ0) is 12.3. The molecule has 0 radical (unpaired) electrons. The van der Waals surface area contributed by atoms with Gasteiger partial charge in [0.05, 0.1) is 0 Å². The first-order valence-electron chi connectivity index (χ1n) is 6.37. The van der Waals surface area contributed by atoms with Crippen LogP contribution in [0.2, 0.25) is 5.02 Å². The zero-order valence-corrected chi connectivity index (χ0v) is 10.9. The van der Waals surface area contributed by atoms with Crippen LogP contribution in [0.4, 0.5) is 4.39 Å². The molecular weight excluding hydrogens is 237 g/mol. The van der Waals surface area contributed by atoms with Crippen LogP contribution in [0.1, 0.15) is 31.7 Å². The van der Waals surface area contributed by atoms with Gasteiger partial charge in [0.15, 0.2) is 0 Å². The van der Waals surface area contributed by atoms with E-state index in [0.29, 0.717) is 22.5 Å². The lowest BCUT2D eigenvalue weighted by atomic mass is 9.96. The summed E-state index contributed by atoms with van der Waals surface area (Å²) in [6.07, 6.45) is 4.35. The Morgan fingerprint density at radius 1 is 1.47 bits per heavy atom. The summed E-state index contributed by atoms with van der Waals surface area (Å²) in [5.41, 5.74) is 0.665.